The van der Waals surface area contributed by atoms with E-state index in [1.807, 2.05) is 0 Å². The summed E-state index contributed by atoms with van der Waals surface area (Å²) in [5, 5.41) is 0. The van der Waals surface area contributed by atoms with Crippen LogP contribution in [0.1, 0.15) is 12.8 Å². The molecular weight excluding hydrogens is 186 g/mol. The summed E-state index contributed by atoms with van der Waals surface area (Å²) < 4.78 is 1.32. The van der Waals surface area contributed by atoms with E-state index < -0.39 is 0 Å². The molecule has 0 fully saturated rings. The van der Waals surface area contributed by atoms with Crippen LogP contribution in [-0.2, 0) is 0 Å². The highest BCUT2D eigenvalue weighted by Gasteiger charge is 1.76. The van der Waals surface area contributed by atoms with Gasteiger partial charge in [0.1, 0.15) is 7.85 Å². The van der Waals surface area contributed by atoms with E-state index in [2.05, 4.69) is 30.4 Å². The van der Waals surface area contributed by atoms with Gasteiger partial charge >= 0.3 is 0 Å². The third kappa shape index (κ3) is 4.79. The van der Waals surface area contributed by atoms with Gasteiger partial charge in [-0.25, -0.2) is 0 Å². The van der Waals surface area contributed by atoms with Crippen molar-refractivity contribution in [2.45, 2.75) is 19.2 Å². The van der Waals surface area contributed by atoms with Crippen molar-refractivity contribution in [1.82, 2.24) is 0 Å². The standard InChI is InChI=1S/C4H10BI/c5-3-1-2-4-6/h1-5H2. The summed E-state index contributed by atoms with van der Waals surface area (Å²) in [6, 6.07) is 0. The Hall–Kier alpha value is 0.795. The summed E-state index contributed by atoms with van der Waals surface area (Å²) in [5.41, 5.74) is 0. The van der Waals surface area contributed by atoms with Gasteiger partial charge in [0.15, 0.2) is 0 Å². The Balaban J connectivity index is 2.34. The van der Waals surface area contributed by atoms with E-state index in [4.69, 9.17) is 0 Å². The van der Waals surface area contributed by atoms with Crippen molar-refractivity contribution in [3.05, 3.63) is 0 Å². The van der Waals surface area contributed by atoms with Crippen molar-refractivity contribution in [1.29, 1.82) is 0 Å². The lowest BCUT2D eigenvalue weighted by Crippen LogP contribution is -1.72. The molecule has 0 saturated heterocycles. The van der Waals surface area contributed by atoms with Crippen LogP contribution in [0.3, 0.4) is 0 Å². The third-order valence-corrected chi connectivity index (χ3v) is 1.50. The fraction of sp³-hybridized carbons (Fsp3) is 1.00. The predicted octanol–water partition coefficient (Wildman–Crippen LogP) is 1.25. The topological polar surface area (TPSA) is 0 Å². The largest absolute Gasteiger partial charge is 0.101 e. The minimum atomic E-state index is 1.32. The van der Waals surface area contributed by atoms with Gasteiger partial charge in [0.05, 0.1) is 0 Å². The first-order valence-corrected chi connectivity index (χ1v) is 4.00. The second kappa shape index (κ2) is 5.79. The van der Waals surface area contributed by atoms with Gasteiger partial charge in [-0.1, -0.05) is 35.3 Å². The Kier molecular flexibility index (Phi) is 6.56. The summed E-state index contributed by atoms with van der Waals surface area (Å²) in [4.78, 5) is 0. The maximum atomic E-state index is 2.41. The molecule has 0 atom stereocenters. The summed E-state index contributed by atoms with van der Waals surface area (Å²) in [6.07, 6.45) is 4.16. The second-order valence-electron chi connectivity index (χ2n) is 1.40. The van der Waals surface area contributed by atoms with E-state index in [9.17, 15) is 0 Å². The van der Waals surface area contributed by atoms with E-state index in [0.29, 0.717) is 0 Å². The predicted molar refractivity (Wildman–Crippen MR) is 41.5 cm³/mol. The molecule has 0 N–H and O–H groups in total. The lowest BCUT2D eigenvalue weighted by atomic mass is 10.0. The number of hydrogen-bond acceptors (Lipinski definition) is 0. The van der Waals surface area contributed by atoms with Gasteiger partial charge in [0.25, 0.3) is 0 Å². The highest BCUT2D eigenvalue weighted by atomic mass is 127. The maximum absolute atomic E-state index is 2.41. The van der Waals surface area contributed by atoms with Crippen LogP contribution >= 0.6 is 22.6 Å². The number of rotatable bonds is 3. The molecule has 0 amide bonds. The highest BCUT2D eigenvalue weighted by molar-refractivity contribution is 14.1. The van der Waals surface area contributed by atoms with Gasteiger partial charge in [-0.15, -0.1) is 0 Å². The first kappa shape index (κ1) is 6.79. The molecule has 0 unspecified atom stereocenters. The summed E-state index contributed by atoms with van der Waals surface area (Å²) in [5.74, 6) is 0. The molecule has 0 spiro atoms. The Morgan fingerprint density at radius 1 is 1.33 bits per heavy atom. The molecule has 0 heterocycles. The van der Waals surface area contributed by atoms with Gasteiger partial charge in [-0.3, -0.25) is 0 Å². The van der Waals surface area contributed by atoms with E-state index in [1.54, 1.807) is 0 Å². The van der Waals surface area contributed by atoms with Crippen LogP contribution in [0.25, 0.3) is 0 Å². The molecule has 2 heteroatoms. The lowest BCUT2D eigenvalue weighted by molar-refractivity contribution is 0.905. The van der Waals surface area contributed by atoms with Crippen molar-refractivity contribution in [3.8, 4) is 0 Å². The van der Waals surface area contributed by atoms with Crippen molar-refractivity contribution in [3.63, 3.8) is 0 Å². The highest BCUT2D eigenvalue weighted by Crippen LogP contribution is 1.95. The van der Waals surface area contributed by atoms with Gasteiger partial charge in [-0.05, 0) is 10.8 Å². The summed E-state index contributed by atoms with van der Waals surface area (Å²) in [6.45, 7) is 0. The summed E-state index contributed by atoms with van der Waals surface area (Å²) >= 11 is 2.41. The fourth-order valence-electron chi connectivity index (χ4n) is 0.344. The minimum absolute atomic E-state index is 1.32. The minimum Gasteiger partial charge on any atom is -0.0864 e. The molecule has 0 aliphatic rings. The molecule has 0 nitrogen and oxygen atoms in total. The van der Waals surface area contributed by atoms with Crippen molar-refractivity contribution in [2.24, 2.45) is 0 Å². The monoisotopic (exact) mass is 196 g/mol. The van der Waals surface area contributed by atoms with E-state index in [1.165, 1.54) is 23.6 Å². The molecule has 0 aromatic carbocycles. The zero-order valence-electron chi connectivity index (χ0n) is 4.21. The van der Waals surface area contributed by atoms with E-state index in [0.717, 1.165) is 0 Å². The Bertz CT molecular complexity index is 19.5. The lowest BCUT2D eigenvalue weighted by Gasteiger charge is -1.84. The number of alkyl halides is 1. The smallest absolute Gasteiger partial charge is 0.0864 e. The van der Waals surface area contributed by atoms with Crippen LogP contribution in [0.15, 0.2) is 0 Å². The average Bonchev–Trinajstić information content (AvgIpc) is 1.61. The zero-order valence-corrected chi connectivity index (χ0v) is 6.36. The Morgan fingerprint density at radius 3 is 2.17 bits per heavy atom. The molecule has 0 saturated carbocycles. The number of unbranched alkanes of at least 4 members (excludes halogenated alkanes) is 1. The molecule has 0 aliphatic heterocycles. The quantitative estimate of drug-likeness (QED) is 0.275. The SMILES string of the molecule is BCCCCI. The molecule has 0 aliphatic carbocycles. The van der Waals surface area contributed by atoms with E-state index >= 15 is 0 Å². The van der Waals surface area contributed by atoms with Crippen LogP contribution in [0, 0.1) is 0 Å². The summed E-state index contributed by atoms with van der Waals surface area (Å²) in [7, 11) is 2.23. The second-order valence-corrected chi connectivity index (χ2v) is 2.47. The molecule has 0 radical (unpaired) electrons. The normalized spacial score (nSPS) is 8.83. The van der Waals surface area contributed by atoms with Crippen molar-refractivity contribution < 1.29 is 0 Å². The van der Waals surface area contributed by atoms with Crippen LogP contribution in [0.5, 0.6) is 0 Å². The van der Waals surface area contributed by atoms with Gasteiger partial charge < -0.3 is 0 Å². The van der Waals surface area contributed by atoms with Crippen LogP contribution in [0.2, 0.25) is 6.32 Å². The number of hydrogen-bond donors (Lipinski definition) is 0. The van der Waals surface area contributed by atoms with Gasteiger partial charge in [-0.2, -0.15) is 0 Å². The Morgan fingerprint density at radius 2 is 2.00 bits per heavy atom. The zero-order chi connectivity index (χ0) is 4.83. The van der Waals surface area contributed by atoms with Crippen LogP contribution in [0.4, 0.5) is 0 Å². The molecule has 0 bridgehead atoms. The maximum Gasteiger partial charge on any atom is 0.101 e. The first-order valence-electron chi connectivity index (χ1n) is 2.47. The molecule has 0 rings (SSSR count). The van der Waals surface area contributed by atoms with Crippen molar-refractivity contribution in [2.75, 3.05) is 4.43 Å². The molecule has 36 valence electrons. The molecular formula is C4H10BI. The van der Waals surface area contributed by atoms with Gasteiger partial charge in [0.2, 0.25) is 0 Å². The van der Waals surface area contributed by atoms with Gasteiger partial charge in [0, 0.05) is 0 Å². The molecule has 0 aromatic heterocycles. The van der Waals surface area contributed by atoms with Crippen LogP contribution in [-0.4, -0.2) is 12.3 Å². The fourth-order valence-corrected chi connectivity index (χ4v) is 0.884. The van der Waals surface area contributed by atoms with Crippen LogP contribution < -0.4 is 0 Å². The van der Waals surface area contributed by atoms with E-state index in [-0.39, 0.29) is 0 Å². The van der Waals surface area contributed by atoms with Crippen molar-refractivity contribution >= 4 is 30.4 Å². The average molecular weight is 196 g/mol. The number of halogens is 1. The first-order chi connectivity index (χ1) is 2.91. The Labute approximate surface area is 54.2 Å². The molecule has 0 aromatic rings. The molecule has 6 heavy (non-hydrogen) atoms. The third-order valence-electron chi connectivity index (χ3n) is 0.737.